The predicted molar refractivity (Wildman–Crippen MR) is 130 cm³/mol. The van der Waals surface area contributed by atoms with E-state index in [0.717, 1.165) is 27.6 Å². The average Bonchev–Trinajstić information content (AvgIpc) is 3.55. The topological polar surface area (TPSA) is 60.9 Å². The number of carbonyl (C=O) groups excluding carboxylic acids is 1. The molecule has 0 N–H and O–H groups in total. The van der Waals surface area contributed by atoms with Gasteiger partial charge in [0.05, 0.1) is 31.9 Å². The summed E-state index contributed by atoms with van der Waals surface area (Å²) < 4.78 is 18.7. The van der Waals surface area contributed by atoms with Crippen molar-refractivity contribution in [1.29, 1.82) is 0 Å². The Kier molecular flexibility index (Phi) is 5.94. The number of aromatic nitrogens is 1. The van der Waals surface area contributed by atoms with Crippen molar-refractivity contribution in [1.82, 2.24) is 4.98 Å². The molecule has 9 heteroatoms. The Labute approximate surface area is 198 Å². The number of methoxy groups -OCH3 is 2. The van der Waals surface area contributed by atoms with E-state index in [2.05, 4.69) is 0 Å². The van der Waals surface area contributed by atoms with Crippen molar-refractivity contribution in [3.05, 3.63) is 46.3 Å². The second-order valence-corrected chi connectivity index (χ2v) is 9.84. The number of rotatable bonds is 6. The van der Waals surface area contributed by atoms with Crippen LogP contribution in [0, 0.1) is 0 Å². The van der Waals surface area contributed by atoms with E-state index in [1.165, 1.54) is 22.7 Å². The van der Waals surface area contributed by atoms with Gasteiger partial charge in [0.15, 0.2) is 5.13 Å². The molecule has 0 aliphatic carbocycles. The molecule has 1 saturated heterocycles. The van der Waals surface area contributed by atoms with Gasteiger partial charge in [0.2, 0.25) is 0 Å². The molecule has 32 heavy (non-hydrogen) atoms. The van der Waals surface area contributed by atoms with Crippen LogP contribution in [0.5, 0.6) is 11.5 Å². The minimum atomic E-state index is -0.177. The van der Waals surface area contributed by atoms with Gasteiger partial charge in [-0.15, -0.1) is 11.3 Å². The maximum atomic E-state index is 13.8. The van der Waals surface area contributed by atoms with Crippen molar-refractivity contribution in [3.63, 3.8) is 0 Å². The Bertz CT molecular complexity index is 1260. The molecular weight excluding hydrogens is 468 g/mol. The van der Waals surface area contributed by atoms with E-state index in [1.54, 1.807) is 19.1 Å². The summed E-state index contributed by atoms with van der Waals surface area (Å²) in [5.41, 5.74) is 0.666. The molecule has 5 rings (SSSR count). The van der Waals surface area contributed by atoms with Crippen molar-refractivity contribution >= 4 is 65.6 Å². The molecule has 3 heterocycles. The van der Waals surface area contributed by atoms with Crippen LogP contribution in [0.25, 0.3) is 20.3 Å². The van der Waals surface area contributed by atoms with Crippen LogP contribution in [0.4, 0.5) is 5.13 Å². The SMILES string of the molecule is COc1ccc(OC)c2sc(N(CC3CCCO3)C(=O)c3sc4ccccc4c3Cl)nc12. The molecule has 0 radical (unpaired) electrons. The van der Waals surface area contributed by atoms with Crippen LogP contribution >= 0.6 is 34.3 Å². The highest BCUT2D eigenvalue weighted by Crippen LogP contribution is 2.42. The number of nitrogens with zero attached hydrogens (tertiary/aromatic N) is 2. The highest BCUT2D eigenvalue weighted by molar-refractivity contribution is 7.23. The van der Waals surface area contributed by atoms with Crippen LogP contribution in [0.2, 0.25) is 5.02 Å². The zero-order chi connectivity index (χ0) is 22.2. The fourth-order valence-corrected chi connectivity index (χ4v) is 6.45. The molecular formula is C23H21ClN2O4S2. The molecule has 0 saturated carbocycles. The molecule has 1 amide bonds. The monoisotopic (exact) mass is 488 g/mol. The first-order valence-corrected chi connectivity index (χ1v) is 12.2. The third-order valence-corrected chi connectivity index (χ3v) is 8.27. The molecule has 1 unspecified atom stereocenters. The second kappa shape index (κ2) is 8.86. The third kappa shape index (κ3) is 3.71. The molecule has 1 fully saturated rings. The standard InChI is InChI=1S/C23H21ClN2O4S2/c1-28-15-9-10-16(29-2)20-19(15)25-23(32-20)26(12-13-6-5-11-30-13)22(27)21-18(24)14-7-3-4-8-17(14)31-21/h3-4,7-10,13H,5-6,11-12H2,1-2H3. The highest BCUT2D eigenvalue weighted by atomic mass is 35.5. The van der Waals surface area contributed by atoms with Crippen molar-refractivity contribution in [2.75, 3.05) is 32.3 Å². The summed E-state index contributed by atoms with van der Waals surface area (Å²) in [7, 11) is 3.22. The Morgan fingerprint density at radius 1 is 1.19 bits per heavy atom. The Morgan fingerprint density at radius 3 is 2.69 bits per heavy atom. The number of amides is 1. The van der Waals surface area contributed by atoms with Crippen LogP contribution in [-0.2, 0) is 4.74 Å². The molecule has 0 spiro atoms. The smallest absolute Gasteiger partial charge is 0.271 e. The zero-order valence-corrected chi connectivity index (χ0v) is 20.0. The lowest BCUT2D eigenvalue weighted by Gasteiger charge is -2.22. The molecule has 1 aliphatic rings. The van der Waals surface area contributed by atoms with Gasteiger partial charge in [-0.25, -0.2) is 4.98 Å². The Morgan fingerprint density at radius 2 is 1.97 bits per heavy atom. The fourth-order valence-electron chi connectivity index (χ4n) is 3.90. The summed E-state index contributed by atoms with van der Waals surface area (Å²) in [6.07, 6.45) is 1.85. The number of halogens is 1. The van der Waals surface area contributed by atoms with Gasteiger partial charge in [-0.3, -0.25) is 9.69 Å². The predicted octanol–water partition coefficient (Wildman–Crippen LogP) is 6.01. The van der Waals surface area contributed by atoms with Gasteiger partial charge in [0.1, 0.15) is 26.6 Å². The summed E-state index contributed by atoms with van der Waals surface area (Å²) in [5.74, 6) is 1.14. The summed E-state index contributed by atoms with van der Waals surface area (Å²) in [6, 6.07) is 11.4. The number of hydrogen-bond donors (Lipinski definition) is 0. The first-order valence-electron chi connectivity index (χ1n) is 10.2. The molecule has 166 valence electrons. The number of thiazole rings is 1. The molecule has 4 aromatic rings. The van der Waals surface area contributed by atoms with Crippen LogP contribution < -0.4 is 14.4 Å². The van der Waals surface area contributed by atoms with E-state index in [-0.39, 0.29) is 12.0 Å². The van der Waals surface area contributed by atoms with Crippen molar-refractivity contribution in [2.45, 2.75) is 18.9 Å². The average molecular weight is 489 g/mol. The van der Waals surface area contributed by atoms with Crippen LogP contribution in [-0.4, -0.2) is 44.4 Å². The number of benzene rings is 2. The second-order valence-electron chi connectivity index (χ2n) is 7.44. The zero-order valence-electron chi connectivity index (χ0n) is 17.6. The van der Waals surface area contributed by atoms with Crippen molar-refractivity contribution in [2.24, 2.45) is 0 Å². The highest BCUT2D eigenvalue weighted by Gasteiger charge is 2.30. The summed E-state index contributed by atoms with van der Waals surface area (Å²) >= 11 is 9.45. The molecule has 1 aliphatic heterocycles. The maximum absolute atomic E-state index is 13.8. The maximum Gasteiger partial charge on any atom is 0.271 e. The molecule has 6 nitrogen and oxygen atoms in total. The van der Waals surface area contributed by atoms with E-state index in [9.17, 15) is 4.79 Å². The van der Waals surface area contributed by atoms with Gasteiger partial charge in [-0.2, -0.15) is 0 Å². The third-order valence-electron chi connectivity index (χ3n) is 5.51. The van der Waals surface area contributed by atoms with E-state index in [1.807, 2.05) is 36.4 Å². The molecule has 1 atom stereocenters. The van der Waals surface area contributed by atoms with Gasteiger partial charge < -0.3 is 14.2 Å². The first kappa shape index (κ1) is 21.5. The normalized spacial score (nSPS) is 16.0. The molecule has 0 bridgehead atoms. The van der Waals surface area contributed by atoms with Crippen LogP contribution in [0.1, 0.15) is 22.5 Å². The largest absolute Gasteiger partial charge is 0.495 e. The van der Waals surface area contributed by atoms with Crippen LogP contribution in [0.15, 0.2) is 36.4 Å². The minimum absolute atomic E-state index is 0.0390. The first-order chi connectivity index (χ1) is 15.6. The number of carbonyl (C=O) groups is 1. The van der Waals surface area contributed by atoms with Gasteiger partial charge in [-0.05, 0) is 31.0 Å². The summed E-state index contributed by atoms with van der Waals surface area (Å²) in [6.45, 7) is 1.12. The van der Waals surface area contributed by atoms with E-state index in [4.69, 9.17) is 30.8 Å². The lowest BCUT2D eigenvalue weighted by molar-refractivity contribution is 0.0921. The van der Waals surface area contributed by atoms with E-state index in [0.29, 0.717) is 45.2 Å². The fraction of sp³-hybridized carbons (Fsp3) is 0.304. The molecule has 2 aromatic heterocycles. The summed E-state index contributed by atoms with van der Waals surface area (Å²) in [5, 5.41) is 1.92. The van der Waals surface area contributed by atoms with Gasteiger partial charge in [0.25, 0.3) is 5.91 Å². The lowest BCUT2D eigenvalue weighted by atomic mass is 10.2. The summed E-state index contributed by atoms with van der Waals surface area (Å²) in [4.78, 5) is 20.8. The quantitative estimate of drug-likeness (QED) is 0.332. The van der Waals surface area contributed by atoms with E-state index < -0.39 is 0 Å². The molecule has 2 aromatic carbocycles. The van der Waals surface area contributed by atoms with Crippen molar-refractivity contribution < 1.29 is 19.0 Å². The van der Waals surface area contributed by atoms with Gasteiger partial charge in [0, 0.05) is 16.7 Å². The van der Waals surface area contributed by atoms with Gasteiger partial charge in [-0.1, -0.05) is 41.1 Å². The number of fused-ring (bicyclic) bond motifs is 2. The minimum Gasteiger partial charge on any atom is -0.495 e. The van der Waals surface area contributed by atoms with Crippen LogP contribution in [0.3, 0.4) is 0 Å². The number of ether oxygens (including phenoxy) is 3. The van der Waals surface area contributed by atoms with Crippen molar-refractivity contribution in [3.8, 4) is 11.5 Å². The van der Waals surface area contributed by atoms with Gasteiger partial charge >= 0.3 is 0 Å². The Balaban J connectivity index is 1.62. The number of anilines is 1. The lowest BCUT2D eigenvalue weighted by Crippen LogP contribution is -2.37. The number of hydrogen-bond acceptors (Lipinski definition) is 7. The number of thiophene rings is 1. The van der Waals surface area contributed by atoms with E-state index >= 15 is 0 Å². The Hall–Kier alpha value is -2.39.